The third kappa shape index (κ3) is 5.48. The second-order valence-corrected chi connectivity index (χ2v) is 3.85. The number of allylic oxidation sites excluding steroid dienone is 2. The molecule has 0 aliphatic heterocycles. The minimum atomic E-state index is 0.171. The van der Waals surface area contributed by atoms with Gasteiger partial charge in [0.05, 0.1) is 12.4 Å². The van der Waals surface area contributed by atoms with Gasteiger partial charge in [0.1, 0.15) is 0 Å². The van der Waals surface area contributed by atoms with Crippen LogP contribution in [-0.2, 0) is 4.74 Å². The van der Waals surface area contributed by atoms with Crippen molar-refractivity contribution in [2.75, 3.05) is 6.61 Å². The molecule has 0 aliphatic rings. The van der Waals surface area contributed by atoms with E-state index in [1.54, 1.807) is 0 Å². The summed E-state index contributed by atoms with van der Waals surface area (Å²) >= 11 is 5.91. The van der Waals surface area contributed by atoms with Crippen molar-refractivity contribution in [3.05, 3.63) is 11.8 Å². The maximum absolute atomic E-state index is 5.91. The van der Waals surface area contributed by atoms with E-state index in [1.165, 1.54) is 0 Å². The van der Waals surface area contributed by atoms with E-state index in [2.05, 4.69) is 19.9 Å². The first-order valence-corrected chi connectivity index (χ1v) is 4.96. The van der Waals surface area contributed by atoms with Crippen molar-refractivity contribution >= 4 is 11.6 Å². The smallest absolute Gasteiger partial charge is 0.0892 e. The van der Waals surface area contributed by atoms with Gasteiger partial charge in [-0.05, 0) is 32.3 Å². The van der Waals surface area contributed by atoms with Crippen LogP contribution >= 0.6 is 11.6 Å². The Kier molecular flexibility index (Phi) is 6.27. The number of hydrogen-bond donors (Lipinski definition) is 0. The van der Waals surface area contributed by atoms with E-state index in [0.29, 0.717) is 5.92 Å². The van der Waals surface area contributed by atoms with Gasteiger partial charge in [-0.3, -0.25) is 0 Å². The number of halogens is 1. The average Bonchev–Trinajstić information content (AvgIpc) is 2.00. The Labute approximate surface area is 80.8 Å². The molecule has 0 bridgehead atoms. The molecule has 0 saturated heterocycles. The minimum Gasteiger partial charge on any atom is -0.499 e. The van der Waals surface area contributed by atoms with E-state index in [4.69, 9.17) is 16.3 Å². The number of rotatable bonds is 5. The molecule has 0 saturated carbocycles. The fourth-order valence-corrected chi connectivity index (χ4v) is 0.887. The van der Waals surface area contributed by atoms with E-state index in [-0.39, 0.29) is 5.38 Å². The highest BCUT2D eigenvalue weighted by molar-refractivity contribution is 6.20. The summed E-state index contributed by atoms with van der Waals surface area (Å²) in [6.07, 6.45) is 3.13. The fraction of sp³-hybridized carbons (Fsp3) is 0.800. The summed E-state index contributed by atoms with van der Waals surface area (Å²) < 4.78 is 5.41. The molecule has 2 heteroatoms. The summed E-state index contributed by atoms with van der Waals surface area (Å²) in [5.74, 6) is 1.36. The van der Waals surface area contributed by atoms with Gasteiger partial charge < -0.3 is 4.74 Å². The highest BCUT2D eigenvalue weighted by Crippen LogP contribution is 2.13. The van der Waals surface area contributed by atoms with Crippen molar-refractivity contribution in [2.24, 2.45) is 5.92 Å². The lowest BCUT2D eigenvalue weighted by Crippen LogP contribution is -2.04. The number of alkyl halides is 1. The fourth-order valence-electron chi connectivity index (χ4n) is 0.814. The molecular weight excluding hydrogens is 172 g/mol. The van der Waals surface area contributed by atoms with Crippen LogP contribution < -0.4 is 0 Å². The number of ether oxygens (including phenoxy) is 1. The first-order valence-electron chi connectivity index (χ1n) is 4.53. The van der Waals surface area contributed by atoms with Crippen LogP contribution in [0.1, 0.15) is 34.1 Å². The highest BCUT2D eigenvalue weighted by Gasteiger charge is 2.05. The molecule has 72 valence electrons. The lowest BCUT2D eigenvalue weighted by Gasteiger charge is -2.11. The first kappa shape index (κ1) is 11.8. The maximum atomic E-state index is 5.91. The van der Waals surface area contributed by atoms with Gasteiger partial charge in [-0.2, -0.15) is 0 Å². The molecule has 0 rings (SSSR count). The average molecular weight is 191 g/mol. The predicted molar refractivity (Wildman–Crippen MR) is 54.5 cm³/mol. The molecule has 0 aromatic carbocycles. The van der Waals surface area contributed by atoms with Crippen molar-refractivity contribution in [1.82, 2.24) is 0 Å². The Morgan fingerprint density at radius 1 is 1.50 bits per heavy atom. The molecule has 2 atom stereocenters. The second-order valence-electron chi connectivity index (χ2n) is 3.16. The summed E-state index contributed by atoms with van der Waals surface area (Å²) in [5, 5.41) is 0.171. The summed E-state index contributed by atoms with van der Waals surface area (Å²) in [4.78, 5) is 0. The Balaban J connectivity index is 3.80. The SMILES string of the molecule is CCCO/C(C)=C/C(C)C(C)Cl. The Bertz CT molecular complexity index is 141. The van der Waals surface area contributed by atoms with E-state index in [9.17, 15) is 0 Å². The Hall–Kier alpha value is -0.170. The molecule has 12 heavy (non-hydrogen) atoms. The van der Waals surface area contributed by atoms with Crippen molar-refractivity contribution in [3.63, 3.8) is 0 Å². The molecule has 0 heterocycles. The van der Waals surface area contributed by atoms with E-state index in [0.717, 1.165) is 18.8 Å². The van der Waals surface area contributed by atoms with Gasteiger partial charge >= 0.3 is 0 Å². The summed E-state index contributed by atoms with van der Waals surface area (Å²) in [7, 11) is 0. The summed E-state index contributed by atoms with van der Waals surface area (Å²) in [6, 6.07) is 0. The second kappa shape index (κ2) is 6.36. The quantitative estimate of drug-likeness (QED) is 0.476. The molecule has 0 N–H and O–H groups in total. The van der Waals surface area contributed by atoms with E-state index < -0.39 is 0 Å². The normalized spacial score (nSPS) is 17.2. The van der Waals surface area contributed by atoms with Crippen molar-refractivity contribution in [2.45, 2.75) is 39.5 Å². The maximum Gasteiger partial charge on any atom is 0.0892 e. The molecule has 0 aromatic heterocycles. The lowest BCUT2D eigenvalue weighted by atomic mass is 10.1. The molecule has 1 nitrogen and oxygen atoms in total. The standard InChI is InChI=1S/C10H19ClO/c1-5-6-12-9(3)7-8(2)10(4)11/h7-8,10H,5-6H2,1-4H3/b9-7+. The molecule has 2 unspecified atom stereocenters. The molecule has 0 amide bonds. The third-order valence-electron chi connectivity index (χ3n) is 1.76. The molecule has 0 radical (unpaired) electrons. The first-order chi connectivity index (χ1) is 5.57. The lowest BCUT2D eigenvalue weighted by molar-refractivity contribution is 0.212. The zero-order valence-electron chi connectivity index (χ0n) is 8.43. The van der Waals surface area contributed by atoms with E-state index >= 15 is 0 Å². The zero-order chi connectivity index (χ0) is 9.56. The van der Waals surface area contributed by atoms with Gasteiger partial charge in [-0.25, -0.2) is 0 Å². The molecular formula is C10H19ClO. The molecule has 0 aliphatic carbocycles. The molecule has 0 fully saturated rings. The Morgan fingerprint density at radius 2 is 2.08 bits per heavy atom. The van der Waals surface area contributed by atoms with Crippen LogP contribution in [0.15, 0.2) is 11.8 Å². The minimum absolute atomic E-state index is 0.171. The van der Waals surface area contributed by atoms with Gasteiger partial charge in [-0.15, -0.1) is 11.6 Å². The van der Waals surface area contributed by atoms with Crippen LogP contribution in [0.25, 0.3) is 0 Å². The van der Waals surface area contributed by atoms with Crippen LogP contribution in [0, 0.1) is 5.92 Å². The van der Waals surface area contributed by atoms with Gasteiger partial charge in [-0.1, -0.05) is 13.8 Å². The molecule has 0 aromatic rings. The number of hydrogen-bond acceptors (Lipinski definition) is 1. The van der Waals surface area contributed by atoms with Crippen LogP contribution in [0.5, 0.6) is 0 Å². The summed E-state index contributed by atoms with van der Waals surface area (Å²) in [5.41, 5.74) is 0. The summed E-state index contributed by atoms with van der Waals surface area (Å²) in [6.45, 7) is 8.96. The van der Waals surface area contributed by atoms with Gasteiger partial charge in [0.15, 0.2) is 0 Å². The van der Waals surface area contributed by atoms with Gasteiger partial charge in [0.2, 0.25) is 0 Å². The van der Waals surface area contributed by atoms with Crippen LogP contribution in [0.4, 0.5) is 0 Å². The van der Waals surface area contributed by atoms with E-state index in [1.807, 2.05) is 13.8 Å². The van der Waals surface area contributed by atoms with Crippen LogP contribution in [0.2, 0.25) is 0 Å². The predicted octanol–water partition coefficient (Wildman–Crippen LogP) is 3.58. The Morgan fingerprint density at radius 3 is 2.50 bits per heavy atom. The van der Waals surface area contributed by atoms with Crippen LogP contribution in [0.3, 0.4) is 0 Å². The van der Waals surface area contributed by atoms with Crippen LogP contribution in [-0.4, -0.2) is 12.0 Å². The molecule has 0 spiro atoms. The largest absolute Gasteiger partial charge is 0.499 e. The topological polar surface area (TPSA) is 9.23 Å². The third-order valence-corrected chi connectivity index (χ3v) is 2.15. The monoisotopic (exact) mass is 190 g/mol. The highest BCUT2D eigenvalue weighted by atomic mass is 35.5. The van der Waals surface area contributed by atoms with Crippen molar-refractivity contribution in [3.8, 4) is 0 Å². The van der Waals surface area contributed by atoms with Gasteiger partial charge in [0, 0.05) is 5.38 Å². The van der Waals surface area contributed by atoms with Gasteiger partial charge in [0.25, 0.3) is 0 Å². The van der Waals surface area contributed by atoms with Crippen molar-refractivity contribution in [1.29, 1.82) is 0 Å². The zero-order valence-corrected chi connectivity index (χ0v) is 9.19. The van der Waals surface area contributed by atoms with Crippen molar-refractivity contribution < 1.29 is 4.74 Å².